The Kier molecular flexibility index (Phi) is 12.8. The van der Waals surface area contributed by atoms with Crippen molar-refractivity contribution in [2.45, 2.75) is 96.8 Å². The van der Waals surface area contributed by atoms with Crippen LogP contribution in [0, 0.1) is 23.2 Å². The van der Waals surface area contributed by atoms with Crippen molar-refractivity contribution in [2.75, 3.05) is 12.0 Å². The summed E-state index contributed by atoms with van der Waals surface area (Å²) in [7, 11) is -3.65. The highest BCUT2D eigenvalue weighted by molar-refractivity contribution is 7.89. The van der Waals surface area contributed by atoms with Gasteiger partial charge in [-0.25, -0.2) is 13.1 Å². The molecule has 9 heteroatoms. The van der Waals surface area contributed by atoms with E-state index < -0.39 is 21.7 Å². The number of nitriles is 1. The van der Waals surface area contributed by atoms with Crippen LogP contribution in [0.1, 0.15) is 91.9 Å². The number of hydrogen-bond acceptors (Lipinski definition) is 7. The molecular formula is C29H42N4O4S. The summed E-state index contributed by atoms with van der Waals surface area (Å²) in [4.78, 5) is 26.4. The zero-order chi connectivity index (χ0) is 28.1. The number of nitrogens with zero attached hydrogens (tertiary/aromatic N) is 2. The monoisotopic (exact) mass is 542 g/mol. The largest absolute Gasteiger partial charge is 0.293 e. The van der Waals surface area contributed by atoms with E-state index in [4.69, 9.17) is 0 Å². The van der Waals surface area contributed by atoms with Crippen LogP contribution in [-0.4, -0.2) is 32.2 Å². The van der Waals surface area contributed by atoms with Gasteiger partial charge in [-0.2, -0.15) is 10.4 Å². The fraction of sp³-hybridized carbons (Fsp3) is 0.586. The molecule has 38 heavy (non-hydrogen) atoms. The summed E-state index contributed by atoms with van der Waals surface area (Å²) < 4.78 is 28.3. The fourth-order valence-corrected chi connectivity index (χ4v) is 5.59. The molecule has 0 spiro atoms. The lowest BCUT2D eigenvalue weighted by Gasteiger charge is -2.23. The number of unbranched alkanes of at least 4 members (excludes halogenated alkanes) is 3. The van der Waals surface area contributed by atoms with Crippen LogP contribution in [0.4, 0.5) is 5.69 Å². The minimum absolute atomic E-state index is 0.0246. The van der Waals surface area contributed by atoms with E-state index in [0.717, 1.165) is 44.9 Å². The summed E-state index contributed by atoms with van der Waals surface area (Å²) in [5.41, 5.74) is 3.87. The van der Waals surface area contributed by atoms with Gasteiger partial charge in [0.25, 0.3) is 0 Å². The van der Waals surface area contributed by atoms with E-state index in [1.807, 2.05) is 19.9 Å². The Labute approximate surface area is 228 Å². The van der Waals surface area contributed by atoms with Gasteiger partial charge in [-0.15, -0.1) is 0 Å². The Morgan fingerprint density at radius 3 is 2.21 bits per heavy atom. The Morgan fingerprint density at radius 1 is 0.974 bits per heavy atom. The van der Waals surface area contributed by atoms with Crippen LogP contribution in [0.25, 0.3) is 0 Å². The molecule has 208 valence electrons. The van der Waals surface area contributed by atoms with Crippen LogP contribution < -0.4 is 10.1 Å². The van der Waals surface area contributed by atoms with E-state index >= 15 is 0 Å². The van der Waals surface area contributed by atoms with Gasteiger partial charge in [0.1, 0.15) is 17.4 Å². The number of benzene rings is 1. The van der Waals surface area contributed by atoms with Gasteiger partial charge in [-0.1, -0.05) is 66.2 Å². The molecule has 8 nitrogen and oxygen atoms in total. The molecule has 0 saturated carbocycles. The molecule has 2 rings (SSSR count). The van der Waals surface area contributed by atoms with Crippen LogP contribution in [0.15, 0.2) is 45.4 Å². The van der Waals surface area contributed by atoms with Crippen molar-refractivity contribution >= 4 is 33.0 Å². The van der Waals surface area contributed by atoms with E-state index in [-0.39, 0.29) is 22.0 Å². The Bertz CT molecular complexity index is 1160. The van der Waals surface area contributed by atoms with Crippen molar-refractivity contribution in [3.8, 4) is 6.07 Å². The van der Waals surface area contributed by atoms with Crippen LogP contribution >= 0.6 is 0 Å². The smallest absolute Gasteiger partial charge is 0.240 e. The van der Waals surface area contributed by atoms with Gasteiger partial charge >= 0.3 is 0 Å². The third-order valence-electron chi connectivity index (χ3n) is 7.01. The van der Waals surface area contributed by atoms with Gasteiger partial charge in [0.05, 0.1) is 16.5 Å². The topological polar surface area (TPSA) is 128 Å². The minimum Gasteiger partial charge on any atom is -0.293 e. The van der Waals surface area contributed by atoms with Gasteiger partial charge in [0.15, 0.2) is 11.6 Å². The highest BCUT2D eigenvalue weighted by Crippen LogP contribution is 2.29. The number of anilines is 1. The summed E-state index contributed by atoms with van der Waals surface area (Å²) in [5, 5.41) is 14.1. The third-order valence-corrected chi connectivity index (χ3v) is 8.45. The fourth-order valence-electron chi connectivity index (χ4n) is 4.47. The molecule has 0 saturated heterocycles. The van der Waals surface area contributed by atoms with Crippen molar-refractivity contribution in [3.05, 3.63) is 35.4 Å². The zero-order valence-electron chi connectivity index (χ0n) is 23.2. The van der Waals surface area contributed by atoms with Crippen LogP contribution in [0.2, 0.25) is 0 Å². The Balaban J connectivity index is 2.25. The zero-order valence-corrected chi connectivity index (χ0v) is 24.0. The molecule has 2 atom stereocenters. The summed E-state index contributed by atoms with van der Waals surface area (Å²) in [6, 6.07) is 8.17. The predicted octanol–water partition coefficient (Wildman–Crippen LogP) is 5.92. The summed E-state index contributed by atoms with van der Waals surface area (Å²) in [6.45, 7) is 8.57. The van der Waals surface area contributed by atoms with Crippen molar-refractivity contribution in [1.29, 1.82) is 5.26 Å². The van der Waals surface area contributed by atoms with E-state index in [9.17, 15) is 23.3 Å². The first kappa shape index (κ1) is 31.4. The summed E-state index contributed by atoms with van der Waals surface area (Å²) in [5.74, 6) is -1.36. The number of ketones is 2. The molecule has 0 fully saturated rings. The van der Waals surface area contributed by atoms with Crippen molar-refractivity contribution < 1.29 is 18.0 Å². The number of rotatable bonds is 16. The molecule has 0 aromatic heterocycles. The van der Waals surface area contributed by atoms with Crippen LogP contribution in [0.5, 0.6) is 0 Å². The van der Waals surface area contributed by atoms with Crippen LogP contribution in [0.3, 0.4) is 0 Å². The molecule has 0 amide bonds. The molecule has 2 unspecified atom stereocenters. The van der Waals surface area contributed by atoms with E-state index in [0.29, 0.717) is 43.0 Å². The van der Waals surface area contributed by atoms with Gasteiger partial charge in [-0.05, 0) is 55.9 Å². The van der Waals surface area contributed by atoms with Crippen LogP contribution in [-0.2, 0) is 19.6 Å². The highest BCUT2D eigenvalue weighted by Gasteiger charge is 2.40. The summed E-state index contributed by atoms with van der Waals surface area (Å²) in [6.07, 6.45) is 7.95. The normalized spacial score (nSPS) is 18.1. The molecule has 1 aliphatic rings. The lowest BCUT2D eigenvalue weighted by Crippen LogP contribution is -2.38. The number of nitrogens with one attached hydrogen (secondary N) is 2. The minimum atomic E-state index is -3.65. The number of hydrazone groups is 1. The standard InChI is InChI=1S/C29H42N4O4S/c1-5-9-12-21(8-4)20-31-38(36,37)23-17-15-22(16-18-23)32-33-27-24(13-10-6-2)26(19-30)28(34)25(29(27)35)14-11-7-3/h15-18,21,25,31-32H,5-14,20H2,1-4H3. The molecule has 0 aliphatic heterocycles. The molecular weight excluding hydrogens is 500 g/mol. The third kappa shape index (κ3) is 8.34. The molecule has 0 heterocycles. The maximum absolute atomic E-state index is 13.3. The van der Waals surface area contributed by atoms with Crippen molar-refractivity contribution in [3.63, 3.8) is 0 Å². The molecule has 0 bridgehead atoms. The lowest BCUT2D eigenvalue weighted by atomic mass is 9.77. The number of carbonyl (C=O) groups excluding carboxylic acids is 2. The average molecular weight is 543 g/mol. The second-order valence-corrected chi connectivity index (χ2v) is 11.6. The number of carbonyl (C=O) groups is 2. The first-order chi connectivity index (χ1) is 18.2. The first-order valence-corrected chi connectivity index (χ1v) is 15.4. The van der Waals surface area contributed by atoms with Gasteiger partial charge in [-0.3, -0.25) is 15.0 Å². The lowest BCUT2D eigenvalue weighted by molar-refractivity contribution is -0.127. The average Bonchev–Trinajstić information content (AvgIpc) is 2.91. The summed E-state index contributed by atoms with van der Waals surface area (Å²) >= 11 is 0. The second kappa shape index (κ2) is 15.6. The number of sulfonamides is 1. The molecule has 1 aromatic carbocycles. The van der Waals surface area contributed by atoms with Gasteiger partial charge in [0, 0.05) is 12.1 Å². The molecule has 1 aromatic rings. The van der Waals surface area contributed by atoms with E-state index in [1.54, 1.807) is 12.1 Å². The quantitative estimate of drug-likeness (QED) is 0.197. The van der Waals surface area contributed by atoms with Gasteiger partial charge in [0.2, 0.25) is 10.0 Å². The highest BCUT2D eigenvalue weighted by atomic mass is 32.2. The number of Topliss-reactive ketones (excluding diaryl/α,β-unsaturated/α-hetero) is 2. The van der Waals surface area contributed by atoms with Gasteiger partial charge < -0.3 is 0 Å². The number of allylic oxidation sites excluding steroid dienone is 2. The number of hydrogen-bond donors (Lipinski definition) is 2. The predicted molar refractivity (Wildman–Crippen MR) is 151 cm³/mol. The SMILES string of the molecule is CCCCC1=C(C#N)C(=O)C(CCCC)C(=O)C1=NNc1ccc(S(=O)(=O)NCC(CC)CCCC)cc1. The Hall–Kier alpha value is -2.83. The maximum atomic E-state index is 13.3. The van der Waals surface area contributed by atoms with E-state index in [1.165, 1.54) is 12.1 Å². The molecule has 1 aliphatic carbocycles. The second-order valence-electron chi connectivity index (χ2n) is 9.86. The van der Waals surface area contributed by atoms with Crippen molar-refractivity contribution in [1.82, 2.24) is 4.72 Å². The molecule has 2 N–H and O–H groups in total. The molecule has 0 radical (unpaired) electrons. The maximum Gasteiger partial charge on any atom is 0.240 e. The Morgan fingerprint density at radius 2 is 1.63 bits per heavy atom. The van der Waals surface area contributed by atoms with Crippen molar-refractivity contribution in [2.24, 2.45) is 16.9 Å². The first-order valence-electron chi connectivity index (χ1n) is 13.9. The van der Waals surface area contributed by atoms with E-state index in [2.05, 4.69) is 29.1 Å².